The average Bonchev–Trinajstić information content (AvgIpc) is 2.06. The van der Waals surface area contributed by atoms with E-state index in [0.717, 1.165) is 0 Å². The quantitative estimate of drug-likeness (QED) is 0.508. The monoisotopic (exact) mass is 169 g/mol. The lowest BCUT2D eigenvalue weighted by molar-refractivity contribution is 0.425. The van der Waals surface area contributed by atoms with Gasteiger partial charge in [-0.1, -0.05) is 52.4 Å². The van der Waals surface area contributed by atoms with E-state index in [2.05, 4.69) is 13.8 Å². The second-order valence-corrected chi connectivity index (χ2v) is 3.50. The third kappa shape index (κ3) is 6.38. The summed E-state index contributed by atoms with van der Waals surface area (Å²) in [6.07, 6.45) is 10.1. The Kier molecular flexibility index (Phi) is 8.52. The molecule has 0 fully saturated rings. The maximum absolute atomic E-state index is 10.2. The minimum absolute atomic E-state index is 0.610. The highest BCUT2D eigenvalue weighted by atomic mass is 16.1. The van der Waals surface area contributed by atoms with Gasteiger partial charge < -0.3 is 0 Å². The van der Waals surface area contributed by atoms with E-state index in [9.17, 15) is 4.79 Å². The summed E-state index contributed by atoms with van der Waals surface area (Å²) >= 11 is 0. The summed E-state index contributed by atoms with van der Waals surface area (Å²) in [5.41, 5.74) is 0. The molecule has 0 aliphatic carbocycles. The summed E-state index contributed by atoms with van der Waals surface area (Å²) < 4.78 is 0. The van der Waals surface area contributed by atoms with Crippen molar-refractivity contribution < 1.29 is 4.79 Å². The van der Waals surface area contributed by atoms with Crippen molar-refractivity contribution in [2.24, 2.45) is 5.92 Å². The molecule has 71 valence electrons. The van der Waals surface area contributed by atoms with Crippen LogP contribution in [0.1, 0.15) is 58.8 Å². The predicted octanol–water partition coefficient (Wildman–Crippen LogP) is 3.48. The molecule has 0 amide bonds. The normalized spacial score (nSPS) is 12.8. The van der Waals surface area contributed by atoms with Crippen molar-refractivity contribution in [1.82, 2.24) is 0 Å². The molecule has 0 aromatic heterocycles. The Morgan fingerprint density at radius 3 is 2.33 bits per heavy atom. The van der Waals surface area contributed by atoms with Crippen LogP contribution in [0.3, 0.4) is 0 Å². The van der Waals surface area contributed by atoms with Gasteiger partial charge in [-0.2, -0.15) is 0 Å². The number of rotatable bonds is 8. The molecule has 0 aliphatic heterocycles. The Labute approximate surface area is 76.6 Å². The number of unbranched alkanes of at least 4 members (excludes halogenated alkanes) is 2. The lowest BCUT2D eigenvalue weighted by Gasteiger charge is -2.11. The lowest BCUT2D eigenvalue weighted by atomic mass is 9.94. The highest BCUT2D eigenvalue weighted by Gasteiger charge is 2.06. The minimum Gasteiger partial charge on any atom is -0.291 e. The first-order valence-electron chi connectivity index (χ1n) is 5.20. The van der Waals surface area contributed by atoms with Crippen LogP contribution in [-0.2, 0) is 4.79 Å². The van der Waals surface area contributed by atoms with Crippen molar-refractivity contribution in [1.29, 1.82) is 0 Å². The first-order chi connectivity index (χ1) is 5.85. The van der Waals surface area contributed by atoms with Crippen LogP contribution < -0.4 is 0 Å². The summed E-state index contributed by atoms with van der Waals surface area (Å²) in [4.78, 5) is 10.2. The number of carbonyl (C=O) groups excluding carboxylic acids is 1. The molecule has 0 saturated carbocycles. The van der Waals surface area contributed by atoms with Crippen molar-refractivity contribution in [2.45, 2.75) is 58.8 Å². The summed E-state index contributed by atoms with van der Waals surface area (Å²) in [5.74, 6) is 0.610. The third-order valence-electron chi connectivity index (χ3n) is 2.28. The van der Waals surface area contributed by atoms with Crippen LogP contribution in [0.2, 0.25) is 0 Å². The highest BCUT2D eigenvalue weighted by Crippen LogP contribution is 2.17. The molecule has 1 unspecified atom stereocenters. The van der Waals surface area contributed by atoms with Crippen LogP contribution in [0.5, 0.6) is 0 Å². The van der Waals surface area contributed by atoms with Crippen LogP contribution in [0, 0.1) is 5.92 Å². The van der Waals surface area contributed by atoms with Crippen LogP contribution in [-0.4, -0.2) is 6.29 Å². The van der Waals surface area contributed by atoms with E-state index in [4.69, 9.17) is 0 Å². The molecule has 0 spiro atoms. The van der Waals surface area contributed by atoms with Crippen LogP contribution in [0.4, 0.5) is 0 Å². The van der Waals surface area contributed by atoms with Gasteiger partial charge in [0.25, 0.3) is 0 Å². The summed E-state index contributed by atoms with van der Waals surface area (Å²) in [6.45, 7) is 4.39. The average molecular weight is 169 g/mol. The molecule has 1 radical (unpaired) electrons. The van der Waals surface area contributed by atoms with E-state index in [1.807, 2.05) is 6.29 Å². The number of hydrogen-bond donors (Lipinski definition) is 0. The first kappa shape index (κ1) is 11.7. The molecule has 1 heteroatoms. The maximum atomic E-state index is 10.2. The summed E-state index contributed by atoms with van der Waals surface area (Å²) in [6, 6.07) is 0. The zero-order valence-corrected chi connectivity index (χ0v) is 8.44. The van der Waals surface area contributed by atoms with Gasteiger partial charge in [-0.25, -0.2) is 0 Å². The molecule has 0 aromatic rings. The van der Waals surface area contributed by atoms with Crippen molar-refractivity contribution in [2.75, 3.05) is 0 Å². The van der Waals surface area contributed by atoms with Gasteiger partial charge in [0.05, 0.1) is 0 Å². The van der Waals surface area contributed by atoms with E-state index in [0.29, 0.717) is 12.3 Å². The van der Waals surface area contributed by atoms with Gasteiger partial charge >= 0.3 is 0 Å². The van der Waals surface area contributed by atoms with E-state index in [-0.39, 0.29) is 0 Å². The van der Waals surface area contributed by atoms with Gasteiger partial charge in [-0.15, -0.1) is 0 Å². The summed E-state index contributed by atoms with van der Waals surface area (Å²) in [5, 5.41) is 0. The lowest BCUT2D eigenvalue weighted by Crippen LogP contribution is -2.00. The van der Waals surface area contributed by atoms with Crippen molar-refractivity contribution in [3.63, 3.8) is 0 Å². The molecule has 0 bridgehead atoms. The first-order valence-corrected chi connectivity index (χ1v) is 5.20. The molecule has 0 aliphatic rings. The van der Waals surface area contributed by atoms with Gasteiger partial charge in [0.1, 0.15) is 0 Å². The van der Waals surface area contributed by atoms with E-state index in [1.54, 1.807) is 0 Å². The fourth-order valence-corrected chi connectivity index (χ4v) is 1.56. The standard InChI is InChI=1S/C11H21O/c1-3-5-6-8-11(7-4-2)9-10-12/h11H,3-9H2,1-2H3. The molecule has 1 atom stereocenters. The Morgan fingerprint density at radius 1 is 1.08 bits per heavy atom. The second kappa shape index (κ2) is 8.76. The van der Waals surface area contributed by atoms with Gasteiger partial charge in [-0.3, -0.25) is 4.79 Å². The SMILES string of the molecule is CCCCCC(C[C]=O)CCC. The fourth-order valence-electron chi connectivity index (χ4n) is 1.56. The molecular weight excluding hydrogens is 148 g/mol. The summed E-state index contributed by atoms with van der Waals surface area (Å²) in [7, 11) is 0. The van der Waals surface area contributed by atoms with Crippen molar-refractivity contribution >= 4 is 6.29 Å². The van der Waals surface area contributed by atoms with Gasteiger partial charge in [0.15, 0.2) is 6.29 Å². The fraction of sp³-hybridized carbons (Fsp3) is 0.909. The predicted molar refractivity (Wildman–Crippen MR) is 52.9 cm³/mol. The van der Waals surface area contributed by atoms with Gasteiger partial charge in [0.2, 0.25) is 0 Å². The Bertz CT molecular complexity index is 99.2. The molecule has 0 saturated heterocycles. The minimum atomic E-state index is 0.610. The van der Waals surface area contributed by atoms with Crippen LogP contribution in [0.15, 0.2) is 0 Å². The van der Waals surface area contributed by atoms with E-state index in [1.165, 1.54) is 38.5 Å². The topological polar surface area (TPSA) is 17.1 Å². The smallest absolute Gasteiger partial charge is 0.198 e. The highest BCUT2D eigenvalue weighted by molar-refractivity contribution is 5.50. The second-order valence-electron chi connectivity index (χ2n) is 3.50. The number of hydrogen-bond acceptors (Lipinski definition) is 1. The Balaban J connectivity index is 3.40. The maximum Gasteiger partial charge on any atom is 0.198 e. The van der Waals surface area contributed by atoms with E-state index >= 15 is 0 Å². The van der Waals surface area contributed by atoms with Crippen molar-refractivity contribution in [3.05, 3.63) is 0 Å². The van der Waals surface area contributed by atoms with Gasteiger partial charge in [-0.05, 0) is 5.92 Å². The third-order valence-corrected chi connectivity index (χ3v) is 2.28. The largest absolute Gasteiger partial charge is 0.291 e. The molecule has 1 nitrogen and oxygen atoms in total. The molecule has 0 aromatic carbocycles. The zero-order valence-electron chi connectivity index (χ0n) is 8.44. The zero-order chi connectivity index (χ0) is 9.23. The molecule has 0 N–H and O–H groups in total. The van der Waals surface area contributed by atoms with Gasteiger partial charge in [0, 0.05) is 6.42 Å². The molecular formula is C11H21O. The molecule has 0 heterocycles. The van der Waals surface area contributed by atoms with Crippen LogP contribution in [0.25, 0.3) is 0 Å². The molecule has 12 heavy (non-hydrogen) atoms. The Hall–Kier alpha value is -0.330. The van der Waals surface area contributed by atoms with Crippen LogP contribution >= 0.6 is 0 Å². The Morgan fingerprint density at radius 2 is 1.83 bits per heavy atom. The molecule has 0 rings (SSSR count). The van der Waals surface area contributed by atoms with E-state index < -0.39 is 0 Å². The van der Waals surface area contributed by atoms with Crippen molar-refractivity contribution in [3.8, 4) is 0 Å².